The van der Waals surface area contributed by atoms with Gasteiger partial charge in [0.2, 0.25) is 23.6 Å². The van der Waals surface area contributed by atoms with Crippen molar-refractivity contribution < 1.29 is 33.4 Å². The first-order valence-corrected chi connectivity index (χ1v) is 13.7. The number of aliphatic hydroxyl groups is 1. The maximum atomic E-state index is 14.3. The molecule has 10 heteroatoms. The van der Waals surface area contributed by atoms with E-state index in [4.69, 9.17) is 21.4 Å². The van der Waals surface area contributed by atoms with Crippen LogP contribution in [0.15, 0.2) is 54.1 Å². The first-order valence-electron chi connectivity index (χ1n) is 13.3. The van der Waals surface area contributed by atoms with Gasteiger partial charge in [-0.1, -0.05) is 35.4 Å². The number of imide groups is 2. The van der Waals surface area contributed by atoms with Crippen LogP contribution in [-0.2, 0) is 19.2 Å². The molecule has 2 aromatic carbocycles. The van der Waals surface area contributed by atoms with E-state index in [2.05, 4.69) is 0 Å². The van der Waals surface area contributed by atoms with Gasteiger partial charge in [0.15, 0.2) is 0 Å². The number of ether oxygens (including phenoxy) is 1. The van der Waals surface area contributed by atoms with Gasteiger partial charge in [0.1, 0.15) is 18.2 Å². The molecule has 0 bridgehead atoms. The van der Waals surface area contributed by atoms with E-state index < -0.39 is 52.6 Å². The predicted octanol–water partition coefficient (Wildman–Crippen LogP) is 3.71. The van der Waals surface area contributed by atoms with Crippen molar-refractivity contribution in [2.45, 2.75) is 25.7 Å². The molecule has 4 amide bonds. The molecule has 2 saturated heterocycles. The van der Waals surface area contributed by atoms with Gasteiger partial charge in [-0.25, -0.2) is 9.29 Å². The van der Waals surface area contributed by atoms with Gasteiger partial charge in [-0.2, -0.15) is 0 Å². The molecule has 208 valence electrons. The first-order chi connectivity index (χ1) is 19.1. The first kappa shape index (κ1) is 26.7. The Balaban J connectivity index is 1.49. The predicted molar refractivity (Wildman–Crippen MR) is 143 cm³/mol. The molecule has 2 aromatic rings. The number of benzene rings is 2. The third kappa shape index (κ3) is 3.67. The number of carbonyl (C=O) groups excluding carboxylic acids is 4. The van der Waals surface area contributed by atoms with Crippen molar-refractivity contribution in [1.29, 1.82) is 0 Å². The topological polar surface area (TPSA) is 104 Å². The molecular weight excluding hydrogens is 539 g/mol. The molecule has 8 nitrogen and oxygen atoms in total. The van der Waals surface area contributed by atoms with Crippen molar-refractivity contribution in [3.63, 3.8) is 0 Å². The Morgan fingerprint density at radius 2 is 1.77 bits per heavy atom. The van der Waals surface area contributed by atoms with Crippen LogP contribution in [0.1, 0.15) is 31.2 Å². The lowest BCUT2D eigenvalue weighted by Crippen LogP contribution is -2.48. The molecule has 40 heavy (non-hydrogen) atoms. The zero-order valence-electron chi connectivity index (χ0n) is 22.0. The normalized spacial score (nSPS) is 31.2. The lowest BCUT2D eigenvalue weighted by atomic mass is 9.51. The van der Waals surface area contributed by atoms with Crippen LogP contribution in [0.5, 0.6) is 5.75 Å². The van der Waals surface area contributed by atoms with Crippen molar-refractivity contribution in [2.75, 3.05) is 25.2 Å². The van der Waals surface area contributed by atoms with Gasteiger partial charge in [-0.15, -0.1) is 0 Å². The zero-order valence-corrected chi connectivity index (χ0v) is 22.7. The second kappa shape index (κ2) is 9.52. The number of nitrogens with zero attached hydrogens (tertiary/aromatic N) is 2. The second-order valence-corrected chi connectivity index (χ2v) is 11.5. The average Bonchev–Trinajstić information content (AvgIpc) is 3.28. The Morgan fingerprint density at radius 3 is 2.45 bits per heavy atom. The number of anilines is 1. The third-order valence-electron chi connectivity index (χ3n) is 9.23. The summed E-state index contributed by atoms with van der Waals surface area (Å²) in [6.45, 7) is 1.77. The lowest BCUT2D eigenvalue weighted by Gasteiger charge is -2.49. The molecule has 1 N–H and O–H groups in total. The highest BCUT2D eigenvalue weighted by molar-refractivity contribution is 6.31. The third-order valence-corrected chi connectivity index (χ3v) is 9.52. The van der Waals surface area contributed by atoms with E-state index in [1.165, 1.54) is 24.1 Å². The van der Waals surface area contributed by atoms with Crippen LogP contribution in [0.4, 0.5) is 10.1 Å². The van der Waals surface area contributed by atoms with Crippen molar-refractivity contribution in [3.8, 4) is 5.75 Å². The van der Waals surface area contributed by atoms with Crippen LogP contribution in [0, 0.1) is 34.9 Å². The minimum Gasteiger partial charge on any atom is -0.491 e. The molecule has 3 fully saturated rings. The summed E-state index contributed by atoms with van der Waals surface area (Å²) in [5, 5.41) is 8.90. The van der Waals surface area contributed by atoms with Crippen molar-refractivity contribution >= 4 is 40.9 Å². The number of rotatable bonds is 5. The summed E-state index contributed by atoms with van der Waals surface area (Å²) in [5.74, 6) is -4.32. The van der Waals surface area contributed by atoms with Gasteiger partial charge in [0.05, 0.1) is 40.5 Å². The fourth-order valence-corrected chi connectivity index (χ4v) is 7.52. The van der Waals surface area contributed by atoms with E-state index in [0.29, 0.717) is 12.2 Å². The van der Waals surface area contributed by atoms with E-state index >= 15 is 0 Å². The van der Waals surface area contributed by atoms with Crippen LogP contribution in [0.25, 0.3) is 0 Å². The van der Waals surface area contributed by atoms with Crippen molar-refractivity contribution in [1.82, 2.24) is 4.90 Å². The molecule has 1 saturated carbocycles. The Bertz CT molecular complexity index is 1480. The highest BCUT2D eigenvalue weighted by Gasteiger charge is 2.67. The molecule has 2 heterocycles. The number of amides is 4. The summed E-state index contributed by atoms with van der Waals surface area (Å²) in [6.07, 6.45) is 2.59. The molecule has 4 aliphatic rings. The number of fused-ring (bicyclic) bond motifs is 4. The van der Waals surface area contributed by atoms with Gasteiger partial charge < -0.3 is 9.84 Å². The molecule has 0 aromatic heterocycles. The number of aliphatic hydroxyl groups excluding tert-OH is 1. The van der Waals surface area contributed by atoms with E-state index in [1.54, 1.807) is 19.1 Å². The van der Waals surface area contributed by atoms with Crippen molar-refractivity contribution in [2.24, 2.45) is 29.1 Å². The number of allylic oxidation sites excluding steroid dienone is 2. The zero-order chi connectivity index (χ0) is 28.5. The summed E-state index contributed by atoms with van der Waals surface area (Å²) >= 11 is 6.02. The fourth-order valence-electron chi connectivity index (χ4n) is 7.34. The molecule has 0 radical (unpaired) electrons. The van der Waals surface area contributed by atoms with E-state index in [0.717, 1.165) is 22.1 Å². The number of halogens is 2. The largest absolute Gasteiger partial charge is 0.491 e. The molecule has 0 unspecified atom stereocenters. The molecule has 0 spiro atoms. The molecule has 2 aliphatic heterocycles. The number of hydrogen-bond acceptors (Lipinski definition) is 6. The van der Waals surface area contributed by atoms with Gasteiger partial charge >= 0.3 is 0 Å². The van der Waals surface area contributed by atoms with Crippen LogP contribution < -0.4 is 9.64 Å². The van der Waals surface area contributed by atoms with Crippen LogP contribution in [0.3, 0.4) is 0 Å². The summed E-state index contributed by atoms with van der Waals surface area (Å²) in [4.78, 5) is 56.7. The van der Waals surface area contributed by atoms with Crippen LogP contribution in [0.2, 0.25) is 5.02 Å². The quantitative estimate of drug-likeness (QED) is 0.437. The van der Waals surface area contributed by atoms with E-state index in [9.17, 15) is 23.6 Å². The highest BCUT2D eigenvalue weighted by Crippen LogP contribution is 2.63. The Morgan fingerprint density at radius 1 is 1.05 bits per heavy atom. The molecule has 2 aliphatic carbocycles. The van der Waals surface area contributed by atoms with E-state index in [1.807, 2.05) is 18.2 Å². The average molecular weight is 567 g/mol. The molecule has 6 atom stereocenters. The summed E-state index contributed by atoms with van der Waals surface area (Å²) in [7, 11) is 1.49. The molecular formula is C30H28ClFN2O6. The number of carbonyl (C=O) groups is 4. The highest BCUT2D eigenvalue weighted by atomic mass is 35.5. The minimum atomic E-state index is -1.21. The SMILES string of the molecule is CN1C(=O)[C@H]2[C@H](CC=C3[C@H]2C[C@H]2C(=O)N(c4ccc(F)c(Cl)c4)C(=O)[C@@]2(C)[C@H]3c2ccc(OCCO)cc2)C1=O. The Labute approximate surface area is 235 Å². The van der Waals surface area contributed by atoms with Gasteiger partial charge in [0.25, 0.3) is 0 Å². The number of likely N-dealkylation sites (tertiary alicyclic amines) is 1. The summed E-state index contributed by atoms with van der Waals surface area (Å²) in [6, 6.07) is 10.9. The van der Waals surface area contributed by atoms with Crippen LogP contribution >= 0.6 is 11.6 Å². The monoisotopic (exact) mass is 566 g/mol. The fraction of sp³-hybridized carbons (Fsp3) is 0.400. The van der Waals surface area contributed by atoms with Crippen molar-refractivity contribution in [3.05, 3.63) is 70.5 Å². The summed E-state index contributed by atoms with van der Waals surface area (Å²) in [5.41, 5.74) is 0.618. The van der Waals surface area contributed by atoms with Crippen LogP contribution in [-0.4, -0.2) is 53.9 Å². The minimum absolute atomic E-state index is 0.130. The standard InChI is InChI=1S/C30H28ClFN2O6/c1-30-21(27(37)34(29(30)39)16-5-10-23(32)22(31)13-16)14-20-18(8-9-19-24(20)28(38)33(2)26(19)36)25(30)15-3-6-17(7-4-15)40-12-11-35/h3-8,10,13,19-21,24-25,35H,9,11-12,14H2,1-2H3/t19-,20+,21-,24-,25-,30+/m0/s1. The van der Waals surface area contributed by atoms with Gasteiger partial charge in [-0.3, -0.25) is 24.1 Å². The van der Waals surface area contributed by atoms with Gasteiger partial charge in [-0.05, 0) is 61.6 Å². The summed E-state index contributed by atoms with van der Waals surface area (Å²) < 4.78 is 19.5. The van der Waals surface area contributed by atoms with Gasteiger partial charge in [0, 0.05) is 13.0 Å². The van der Waals surface area contributed by atoms with E-state index in [-0.39, 0.29) is 42.2 Å². The number of hydrogen-bond donors (Lipinski definition) is 1. The maximum absolute atomic E-state index is 14.3. The smallest absolute Gasteiger partial charge is 0.241 e. The maximum Gasteiger partial charge on any atom is 0.241 e. The Kier molecular flexibility index (Phi) is 6.34. The molecule has 6 rings (SSSR count). The Hall–Kier alpha value is -3.56. The lowest BCUT2D eigenvalue weighted by molar-refractivity contribution is -0.138. The second-order valence-electron chi connectivity index (χ2n) is 11.1.